The van der Waals surface area contributed by atoms with E-state index in [4.69, 9.17) is 15.4 Å². The normalized spacial score (nSPS) is 10.5. The van der Waals surface area contributed by atoms with Crippen LogP contribution in [0.4, 0.5) is 5.82 Å². The van der Waals surface area contributed by atoms with Gasteiger partial charge in [-0.15, -0.1) is 0 Å². The molecule has 4 heteroatoms. The Hall–Kier alpha value is -1.81. The molecular formula is C11H12N2O2. The maximum atomic E-state index is 8.76. The number of nitrogens with two attached hydrogens (primary N) is 1. The monoisotopic (exact) mass is 204 g/mol. The molecule has 0 amide bonds. The number of hydrogen-bond donors (Lipinski definition) is 2. The van der Waals surface area contributed by atoms with Crippen LogP contribution in [0.25, 0.3) is 11.3 Å². The third-order valence-electron chi connectivity index (χ3n) is 2.17. The first-order valence-corrected chi connectivity index (χ1v) is 4.72. The van der Waals surface area contributed by atoms with Gasteiger partial charge in [-0.2, -0.15) is 0 Å². The number of benzene rings is 1. The highest BCUT2D eigenvalue weighted by Gasteiger charge is 2.03. The second-order valence-electron chi connectivity index (χ2n) is 3.29. The fourth-order valence-corrected chi connectivity index (χ4v) is 1.39. The Labute approximate surface area is 87.3 Å². The first kappa shape index (κ1) is 9.73. The minimum absolute atomic E-state index is 0.161. The minimum Gasteiger partial charge on any atom is -0.396 e. The van der Waals surface area contributed by atoms with E-state index in [1.807, 2.05) is 24.3 Å². The summed E-state index contributed by atoms with van der Waals surface area (Å²) in [7, 11) is 0. The Balaban J connectivity index is 2.23. The Morgan fingerprint density at radius 1 is 1.27 bits per heavy atom. The quantitative estimate of drug-likeness (QED) is 0.793. The molecule has 1 heterocycles. The molecule has 0 fully saturated rings. The molecule has 78 valence electrons. The summed E-state index contributed by atoms with van der Waals surface area (Å²) < 4.78 is 5.03. The van der Waals surface area contributed by atoms with Crippen LogP contribution in [0.1, 0.15) is 5.56 Å². The average molecular weight is 204 g/mol. The molecule has 0 aliphatic heterocycles. The van der Waals surface area contributed by atoms with Gasteiger partial charge in [-0.05, 0) is 12.0 Å². The lowest BCUT2D eigenvalue weighted by atomic mass is 10.1. The number of aromatic nitrogens is 1. The lowest BCUT2D eigenvalue weighted by Crippen LogP contribution is -1.89. The smallest absolute Gasteiger partial charge is 0.169 e. The van der Waals surface area contributed by atoms with Gasteiger partial charge in [0.15, 0.2) is 11.6 Å². The summed E-state index contributed by atoms with van der Waals surface area (Å²) in [5, 5.41) is 12.4. The predicted molar refractivity (Wildman–Crippen MR) is 57.1 cm³/mol. The molecule has 15 heavy (non-hydrogen) atoms. The second-order valence-corrected chi connectivity index (χ2v) is 3.29. The lowest BCUT2D eigenvalue weighted by Gasteiger charge is -1.99. The molecular weight excluding hydrogens is 192 g/mol. The van der Waals surface area contributed by atoms with Gasteiger partial charge >= 0.3 is 0 Å². The van der Waals surface area contributed by atoms with Crippen LogP contribution in [0.3, 0.4) is 0 Å². The molecule has 0 bridgehead atoms. The average Bonchev–Trinajstić information content (AvgIpc) is 2.67. The van der Waals surface area contributed by atoms with Gasteiger partial charge in [0.05, 0.1) is 0 Å². The zero-order valence-corrected chi connectivity index (χ0v) is 8.18. The van der Waals surface area contributed by atoms with E-state index in [1.54, 1.807) is 6.07 Å². The van der Waals surface area contributed by atoms with Crippen LogP contribution in [0.2, 0.25) is 0 Å². The number of nitrogens with zero attached hydrogens (tertiary/aromatic N) is 1. The summed E-state index contributed by atoms with van der Waals surface area (Å²) in [4.78, 5) is 0. The van der Waals surface area contributed by atoms with Gasteiger partial charge in [0.1, 0.15) is 0 Å². The molecule has 1 aromatic carbocycles. The summed E-state index contributed by atoms with van der Waals surface area (Å²) in [6.07, 6.45) is 0.665. The van der Waals surface area contributed by atoms with E-state index in [9.17, 15) is 0 Å². The van der Waals surface area contributed by atoms with Crippen molar-refractivity contribution in [3.8, 4) is 11.3 Å². The summed E-state index contributed by atoms with van der Waals surface area (Å²) >= 11 is 0. The molecule has 0 aliphatic rings. The number of anilines is 1. The zero-order chi connectivity index (χ0) is 10.7. The summed E-state index contributed by atoms with van der Waals surface area (Å²) in [5.74, 6) is 1.03. The van der Waals surface area contributed by atoms with Gasteiger partial charge in [0.2, 0.25) is 0 Å². The lowest BCUT2D eigenvalue weighted by molar-refractivity contribution is 0.299. The SMILES string of the molecule is Nc1cc(-c2ccc(CCO)cc2)on1. The Morgan fingerprint density at radius 2 is 2.00 bits per heavy atom. The van der Waals surface area contributed by atoms with E-state index in [1.165, 1.54) is 0 Å². The van der Waals surface area contributed by atoms with Crippen LogP contribution >= 0.6 is 0 Å². The highest BCUT2D eigenvalue weighted by atomic mass is 16.5. The number of aliphatic hydroxyl groups excluding tert-OH is 1. The van der Waals surface area contributed by atoms with E-state index in [0.29, 0.717) is 18.0 Å². The van der Waals surface area contributed by atoms with E-state index >= 15 is 0 Å². The van der Waals surface area contributed by atoms with Gasteiger partial charge < -0.3 is 15.4 Å². The largest absolute Gasteiger partial charge is 0.396 e. The van der Waals surface area contributed by atoms with Crippen molar-refractivity contribution in [2.24, 2.45) is 0 Å². The van der Waals surface area contributed by atoms with Crippen molar-refractivity contribution >= 4 is 5.82 Å². The van der Waals surface area contributed by atoms with Crippen molar-refractivity contribution in [3.05, 3.63) is 35.9 Å². The Morgan fingerprint density at radius 3 is 2.53 bits per heavy atom. The van der Waals surface area contributed by atoms with Crippen molar-refractivity contribution in [1.29, 1.82) is 0 Å². The van der Waals surface area contributed by atoms with Gasteiger partial charge in [-0.3, -0.25) is 0 Å². The molecule has 3 N–H and O–H groups in total. The number of aliphatic hydroxyl groups is 1. The van der Waals surface area contributed by atoms with Crippen LogP contribution in [0.15, 0.2) is 34.9 Å². The third-order valence-corrected chi connectivity index (χ3v) is 2.17. The molecule has 0 spiro atoms. The molecule has 0 radical (unpaired) electrons. The van der Waals surface area contributed by atoms with E-state index < -0.39 is 0 Å². The topological polar surface area (TPSA) is 72.3 Å². The maximum Gasteiger partial charge on any atom is 0.169 e. The first-order valence-electron chi connectivity index (χ1n) is 4.72. The fraction of sp³-hybridized carbons (Fsp3) is 0.182. The van der Waals surface area contributed by atoms with E-state index in [-0.39, 0.29) is 6.61 Å². The van der Waals surface area contributed by atoms with Gasteiger partial charge in [0.25, 0.3) is 0 Å². The van der Waals surface area contributed by atoms with Crippen molar-refractivity contribution in [3.63, 3.8) is 0 Å². The van der Waals surface area contributed by atoms with Crippen LogP contribution in [-0.2, 0) is 6.42 Å². The fourth-order valence-electron chi connectivity index (χ4n) is 1.39. The zero-order valence-electron chi connectivity index (χ0n) is 8.18. The molecule has 0 aliphatic carbocycles. The predicted octanol–water partition coefficient (Wildman–Crippen LogP) is 1.46. The molecule has 0 atom stereocenters. The molecule has 0 unspecified atom stereocenters. The first-order chi connectivity index (χ1) is 7.29. The third kappa shape index (κ3) is 2.16. The molecule has 0 saturated heterocycles. The highest BCUT2D eigenvalue weighted by Crippen LogP contribution is 2.21. The summed E-state index contributed by atoms with van der Waals surface area (Å²) in [5.41, 5.74) is 7.48. The Bertz CT molecular complexity index is 434. The van der Waals surface area contributed by atoms with Gasteiger partial charge in [-0.25, -0.2) is 0 Å². The van der Waals surface area contributed by atoms with Crippen molar-refractivity contribution in [2.75, 3.05) is 12.3 Å². The molecule has 2 rings (SSSR count). The van der Waals surface area contributed by atoms with Crippen LogP contribution in [0.5, 0.6) is 0 Å². The Kier molecular flexibility index (Phi) is 2.69. The van der Waals surface area contributed by atoms with Crippen molar-refractivity contribution < 1.29 is 9.63 Å². The minimum atomic E-state index is 0.161. The van der Waals surface area contributed by atoms with Crippen LogP contribution in [0, 0.1) is 0 Å². The van der Waals surface area contributed by atoms with Crippen molar-refractivity contribution in [1.82, 2.24) is 5.16 Å². The second kappa shape index (κ2) is 4.14. The standard InChI is InChI=1S/C11H12N2O2/c12-11-7-10(15-13-11)9-3-1-8(2-4-9)5-6-14/h1-4,7,14H,5-6H2,(H2,12,13). The summed E-state index contributed by atoms with van der Waals surface area (Å²) in [6, 6.07) is 9.42. The molecule has 2 aromatic rings. The molecule has 1 aromatic heterocycles. The van der Waals surface area contributed by atoms with Crippen LogP contribution in [-0.4, -0.2) is 16.9 Å². The van der Waals surface area contributed by atoms with Gasteiger partial charge in [-0.1, -0.05) is 29.4 Å². The molecule has 0 saturated carbocycles. The van der Waals surface area contributed by atoms with Crippen molar-refractivity contribution in [2.45, 2.75) is 6.42 Å². The van der Waals surface area contributed by atoms with Gasteiger partial charge in [0, 0.05) is 18.2 Å². The number of nitrogen functional groups attached to an aromatic ring is 1. The highest BCUT2D eigenvalue weighted by molar-refractivity contribution is 5.60. The number of rotatable bonds is 3. The maximum absolute atomic E-state index is 8.76. The number of hydrogen-bond acceptors (Lipinski definition) is 4. The molecule has 4 nitrogen and oxygen atoms in total. The van der Waals surface area contributed by atoms with Crippen LogP contribution < -0.4 is 5.73 Å². The summed E-state index contributed by atoms with van der Waals surface area (Å²) in [6.45, 7) is 0.161. The van der Waals surface area contributed by atoms with E-state index in [0.717, 1.165) is 11.1 Å². The van der Waals surface area contributed by atoms with E-state index in [2.05, 4.69) is 5.16 Å².